The van der Waals surface area contributed by atoms with Gasteiger partial charge >= 0.3 is 6.09 Å². The van der Waals surface area contributed by atoms with Crippen LogP contribution in [0.5, 0.6) is 5.75 Å². The van der Waals surface area contributed by atoms with E-state index in [1.54, 1.807) is 12.0 Å². The highest BCUT2D eigenvalue weighted by molar-refractivity contribution is 5.83. The third kappa shape index (κ3) is 5.18. The number of carbonyl (C=O) groups is 1. The molecule has 0 aliphatic carbocycles. The fraction of sp³-hybridized carbons (Fsp3) is 0.423. The van der Waals surface area contributed by atoms with E-state index in [1.165, 1.54) is 4.68 Å². The SMILES string of the molecule is COc1ccc(Cc2nn(C[C@H]3CCCN3C(=O)OC(C)(C)C)c(=O)c3ccccc23)cc1. The summed E-state index contributed by atoms with van der Waals surface area (Å²) in [5, 5.41) is 6.25. The highest BCUT2D eigenvalue weighted by atomic mass is 16.6. The molecule has 1 aliphatic rings. The van der Waals surface area contributed by atoms with Gasteiger partial charge in [-0.2, -0.15) is 5.10 Å². The number of amides is 1. The number of nitrogens with zero attached hydrogens (tertiary/aromatic N) is 3. The number of fused-ring (bicyclic) bond motifs is 1. The molecule has 174 valence electrons. The largest absolute Gasteiger partial charge is 0.497 e. The number of ether oxygens (including phenoxy) is 2. The van der Waals surface area contributed by atoms with Crippen molar-refractivity contribution >= 4 is 16.9 Å². The number of benzene rings is 2. The summed E-state index contributed by atoms with van der Waals surface area (Å²) in [6.45, 7) is 6.55. The summed E-state index contributed by atoms with van der Waals surface area (Å²) in [4.78, 5) is 27.7. The molecule has 0 unspecified atom stereocenters. The van der Waals surface area contributed by atoms with Gasteiger partial charge in [0.1, 0.15) is 11.4 Å². The molecule has 1 fully saturated rings. The molecule has 3 aromatic rings. The van der Waals surface area contributed by atoms with E-state index in [4.69, 9.17) is 14.6 Å². The van der Waals surface area contributed by atoms with Crippen LogP contribution in [0.15, 0.2) is 53.3 Å². The topological polar surface area (TPSA) is 73.7 Å². The Morgan fingerprint density at radius 1 is 1.09 bits per heavy atom. The molecule has 1 aromatic heterocycles. The van der Waals surface area contributed by atoms with Crippen LogP contribution in [-0.2, 0) is 17.7 Å². The van der Waals surface area contributed by atoms with Crippen LogP contribution < -0.4 is 10.3 Å². The fourth-order valence-electron chi connectivity index (χ4n) is 4.28. The van der Waals surface area contributed by atoms with Gasteiger partial charge in [-0.05, 0) is 57.4 Å². The molecule has 0 saturated carbocycles. The summed E-state index contributed by atoms with van der Waals surface area (Å²) >= 11 is 0. The molecule has 0 radical (unpaired) electrons. The number of carbonyl (C=O) groups excluding carboxylic acids is 1. The van der Waals surface area contributed by atoms with Gasteiger partial charge in [0, 0.05) is 18.4 Å². The summed E-state index contributed by atoms with van der Waals surface area (Å²) in [5.74, 6) is 0.796. The summed E-state index contributed by atoms with van der Waals surface area (Å²) in [6.07, 6.45) is 1.95. The quantitative estimate of drug-likeness (QED) is 0.577. The molecule has 2 heterocycles. The molecule has 0 bridgehead atoms. The lowest BCUT2D eigenvalue weighted by atomic mass is 10.0. The lowest BCUT2D eigenvalue weighted by Crippen LogP contribution is -2.43. The highest BCUT2D eigenvalue weighted by Gasteiger charge is 2.33. The van der Waals surface area contributed by atoms with Crippen LogP contribution in [0.3, 0.4) is 0 Å². The van der Waals surface area contributed by atoms with Crippen LogP contribution in [0.2, 0.25) is 0 Å². The Morgan fingerprint density at radius 2 is 1.79 bits per heavy atom. The molecule has 4 rings (SSSR count). The Hall–Kier alpha value is -3.35. The van der Waals surface area contributed by atoms with Gasteiger partial charge in [-0.25, -0.2) is 9.48 Å². The summed E-state index contributed by atoms with van der Waals surface area (Å²) in [7, 11) is 1.64. The van der Waals surface area contributed by atoms with Gasteiger partial charge < -0.3 is 14.4 Å². The maximum absolute atomic E-state index is 13.3. The van der Waals surface area contributed by atoms with Crippen LogP contribution in [0.1, 0.15) is 44.9 Å². The molecule has 1 atom stereocenters. The molecule has 33 heavy (non-hydrogen) atoms. The Balaban J connectivity index is 1.65. The van der Waals surface area contributed by atoms with Gasteiger partial charge in [-0.15, -0.1) is 0 Å². The Kier molecular flexibility index (Phi) is 6.40. The monoisotopic (exact) mass is 449 g/mol. The zero-order chi connectivity index (χ0) is 23.6. The van der Waals surface area contributed by atoms with Crippen molar-refractivity contribution in [2.24, 2.45) is 0 Å². The predicted octanol–water partition coefficient (Wildman–Crippen LogP) is 4.40. The number of likely N-dealkylation sites (tertiary alicyclic amines) is 1. The Labute approximate surface area is 193 Å². The van der Waals surface area contributed by atoms with Crippen molar-refractivity contribution in [1.29, 1.82) is 0 Å². The van der Waals surface area contributed by atoms with Crippen LogP contribution in [0.25, 0.3) is 10.8 Å². The van der Waals surface area contributed by atoms with Crippen molar-refractivity contribution < 1.29 is 14.3 Å². The zero-order valence-corrected chi connectivity index (χ0v) is 19.7. The van der Waals surface area contributed by atoms with Gasteiger partial charge in [0.05, 0.1) is 30.8 Å². The highest BCUT2D eigenvalue weighted by Crippen LogP contribution is 2.23. The number of aromatic nitrogens is 2. The lowest BCUT2D eigenvalue weighted by molar-refractivity contribution is 0.0210. The molecule has 2 aromatic carbocycles. The summed E-state index contributed by atoms with van der Waals surface area (Å²) in [5.41, 5.74) is 1.21. The summed E-state index contributed by atoms with van der Waals surface area (Å²) in [6, 6.07) is 15.3. The van der Waals surface area contributed by atoms with Gasteiger partial charge in [-0.1, -0.05) is 30.3 Å². The van der Waals surface area contributed by atoms with Crippen LogP contribution in [0, 0.1) is 0 Å². The minimum absolute atomic E-state index is 0.125. The van der Waals surface area contributed by atoms with Crippen LogP contribution in [-0.4, -0.2) is 46.1 Å². The van der Waals surface area contributed by atoms with Gasteiger partial charge in [-0.3, -0.25) is 4.79 Å². The van der Waals surface area contributed by atoms with E-state index in [9.17, 15) is 9.59 Å². The maximum atomic E-state index is 13.3. The first-order valence-electron chi connectivity index (χ1n) is 11.4. The second-order valence-electron chi connectivity index (χ2n) is 9.47. The third-order valence-corrected chi connectivity index (χ3v) is 5.86. The molecular weight excluding hydrogens is 418 g/mol. The maximum Gasteiger partial charge on any atom is 0.410 e. The molecule has 1 amide bonds. The average molecular weight is 450 g/mol. The molecule has 1 saturated heterocycles. The summed E-state index contributed by atoms with van der Waals surface area (Å²) < 4.78 is 12.4. The second-order valence-corrected chi connectivity index (χ2v) is 9.47. The average Bonchev–Trinajstić information content (AvgIpc) is 3.25. The molecular formula is C26H31N3O4. The van der Waals surface area contributed by atoms with Crippen molar-refractivity contribution in [2.45, 2.75) is 58.2 Å². The Morgan fingerprint density at radius 3 is 2.45 bits per heavy atom. The number of hydrogen-bond acceptors (Lipinski definition) is 5. The van der Waals surface area contributed by atoms with E-state index in [0.717, 1.165) is 35.2 Å². The van der Waals surface area contributed by atoms with Crippen molar-refractivity contribution in [1.82, 2.24) is 14.7 Å². The third-order valence-electron chi connectivity index (χ3n) is 5.86. The first-order valence-corrected chi connectivity index (χ1v) is 11.4. The minimum atomic E-state index is -0.562. The first kappa shape index (κ1) is 22.8. The predicted molar refractivity (Wildman–Crippen MR) is 128 cm³/mol. The van der Waals surface area contributed by atoms with Crippen molar-refractivity contribution in [3.63, 3.8) is 0 Å². The zero-order valence-electron chi connectivity index (χ0n) is 19.7. The van der Waals surface area contributed by atoms with Crippen molar-refractivity contribution in [2.75, 3.05) is 13.7 Å². The first-order chi connectivity index (χ1) is 15.7. The van der Waals surface area contributed by atoms with E-state index in [2.05, 4.69) is 0 Å². The minimum Gasteiger partial charge on any atom is -0.497 e. The number of methoxy groups -OCH3 is 1. The normalized spacial score (nSPS) is 16.2. The van der Waals surface area contributed by atoms with Crippen LogP contribution >= 0.6 is 0 Å². The molecule has 0 spiro atoms. The molecule has 1 aliphatic heterocycles. The second kappa shape index (κ2) is 9.25. The lowest BCUT2D eigenvalue weighted by Gasteiger charge is -2.28. The smallest absolute Gasteiger partial charge is 0.410 e. The molecule has 7 nitrogen and oxygen atoms in total. The van der Waals surface area contributed by atoms with E-state index >= 15 is 0 Å². The van der Waals surface area contributed by atoms with Gasteiger partial charge in [0.2, 0.25) is 0 Å². The molecule has 0 N–H and O–H groups in total. The van der Waals surface area contributed by atoms with E-state index in [1.807, 2.05) is 69.3 Å². The molecule has 7 heteroatoms. The van der Waals surface area contributed by atoms with Crippen molar-refractivity contribution in [3.8, 4) is 5.75 Å². The standard InChI is InChI=1S/C26H31N3O4/c1-26(2,3)33-25(31)28-15-7-8-19(28)17-29-24(30)22-10-6-5-9-21(22)23(27-29)16-18-11-13-20(32-4)14-12-18/h5-6,9-14,19H,7-8,15-17H2,1-4H3/t19-/m1/s1. The van der Waals surface area contributed by atoms with Gasteiger partial charge in [0.15, 0.2) is 0 Å². The van der Waals surface area contributed by atoms with Gasteiger partial charge in [0.25, 0.3) is 5.56 Å². The van der Waals surface area contributed by atoms with E-state index < -0.39 is 5.60 Å². The van der Waals surface area contributed by atoms with E-state index in [-0.39, 0.29) is 17.7 Å². The van der Waals surface area contributed by atoms with Crippen LogP contribution in [0.4, 0.5) is 4.79 Å². The Bertz CT molecular complexity index is 1190. The number of rotatable bonds is 5. The van der Waals surface area contributed by atoms with Crippen molar-refractivity contribution in [3.05, 3.63) is 70.1 Å². The van der Waals surface area contributed by atoms with E-state index in [0.29, 0.717) is 24.9 Å². The fourth-order valence-corrected chi connectivity index (χ4v) is 4.28. The number of hydrogen-bond donors (Lipinski definition) is 0.